The van der Waals surface area contributed by atoms with Crippen molar-refractivity contribution < 1.29 is 0 Å². The van der Waals surface area contributed by atoms with Gasteiger partial charge in [-0.2, -0.15) is 23.5 Å². The molecule has 1 fully saturated rings. The Morgan fingerprint density at radius 3 is 2.71 bits per heavy atom. The Balaban J connectivity index is 2.40. The lowest BCUT2D eigenvalue weighted by molar-refractivity contribution is 0.458. The largest absolute Gasteiger partial charge is 0.271 e. The highest BCUT2D eigenvalue weighted by atomic mass is 32.2. The lowest BCUT2D eigenvalue weighted by atomic mass is 10.1. The number of thioether (sulfide) groups is 2. The van der Waals surface area contributed by atoms with Gasteiger partial charge in [-0.1, -0.05) is 26.7 Å². The second kappa shape index (κ2) is 6.99. The summed E-state index contributed by atoms with van der Waals surface area (Å²) >= 11 is 4.18. The Morgan fingerprint density at radius 1 is 1.43 bits per heavy atom. The molecule has 1 aliphatic heterocycles. The van der Waals surface area contributed by atoms with E-state index in [1.165, 1.54) is 30.8 Å². The van der Waals surface area contributed by atoms with Crippen LogP contribution in [0.15, 0.2) is 0 Å². The summed E-state index contributed by atoms with van der Waals surface area (Å²) in [7, 11) is 0. The molecule has 4 heteroatoms. The van der Waals surface area contributed by atoms with Crippen molar-refractivity contribution in [2.75, 3.05) is 11.5 Å². The molecule has 1 rings (SSSR count). The minimum atomic E-state index is 0.503. The molecule has 84 valence electrons. The molecule has 1 aliphatic rings. The van der Waals surface area contributed by atoms with E-state index >= 15 is 0 Å². The molecule has 3 N–H and O–H groups in total. The maximum atomic E-state index is 5.63. The van der Waals surface area contributed by atoms with Gasteiger partial charge in [0.25, 0.3) is 0 Å². The van der Waals surface area contributed by atoms with Gasteiger partial charge in [0, 0.05) is 28.0 Å². The average Bonchev–Trinajstić information content (AvgIpc) is 2.21. The molecule has 0 aromatic heterocycles. The van der Waals surface area contributed by atoms with E-state index < -0.39 is 0 Å². The summed E-state index contributed by atoms with van der Waals surface area (Å²) in [5, 5.41) is 1.44. The summed E-state index contributed by atoms with van der Waals surface area (Å²) in [6.07, 6.45) is 3.76. The fourth-order valence-corrected chi connectivity index (χ4v) is 4.84. The quantitative estimate of drug-likeness (QED) is 0.565. The Morgan fingerprint density at radius 2 is 2.14 bits per heavy atom. The van der Waals surface area contributed by atoms with E-state index in [0.29, 0.717) is 11.3 Å². The van der Waals surface area contributed by atoms with E-state index in [4.69, 9.17) is 5.84 Å². The van der Waals surface area contributed by atoms with Crippen LogP contribution < -0.4 is 11.3 Å². The predicted molar refractivity (Wildman–Crippen MR) is 68.8 cm³/mol. The summed E-state index contributed by atoms with van der Waals surface area (Å²) in [6.45, 7) is 4.57. The molecule has 0 bridgehead atoms. The highest BCUT2D eigenvalue weighted by Gasteiger charge is 2.29. The maximum Gasteiger partial charge on any atom is 0.0340 e. The lowest BCUT2D eigenvalue weighted by Crippen LogP contribution is -2.47. The summed E-state index contributed by atoms with van der Waals surface area (Å²) < 4.78 is 0. The van der Waals surface area contributed by atoms with Gasteiger partial charge in [-0.25, -0.2) is 0 Å². The molecule has 0 aromatic rings. The summed E-state index contributed by atoms with van der Waals surface area (Å²) in [4.78, 5) is 0. The van der Waals surface area contributed by atoms with Crippen LogP contribution >= 0.6 is 23.5 Å². The van der Waals surface area contributed by atoms with Gasteiger partial charge >= 0.3 is 0 Å². The SMILES string of the molecule is CCCCC(NN)C1SCCSC1C. The zero-order valence-electron chi connectivity index (χ0n) is 9.16. The van der Waals surface area contributed by atoms with Gasteiger partial charge in [-0.3, -0.25) is 11.3 Å². The Labute approximate surface area is 96.1 Å². The number of hydrogen-bond acceptors (Lipinski definition) is 4. The second-order valence-corrected chi connectivity index (χ2v) is 6.60. The van der Waals surface area contributed by atoms with E-state index in [0.717, 1.165) is 5.25 Å². The molecule has 0 aromatic carbocycles. The van der Waals surface area contributed by atoms with Crippen molar-refractivity contribution in [3.05, 3.63) is 0 Å². The standard InChI is InChI=1S/C10H22N2S2/c1-3-4-5-9(12-11)10-8(2)13-6-7-14-10/h8-10,12H,3-7,11H2,1-2H3. The normalized spacial score (nSPS) is 30.2. The van der Waals surface area contributed by atoms with E-state index in [9.17, 15) is 0 Å². The molecule has 0 saturated carbocycles. The van der Waals surface area contributed by atoms with Crippen LogP contribution in [0.2, 0.25) is 0 Å². The van der Waals surface area contributed by atoms with Crippen molar-refractivity contribution in [2.24, 2.45) is 5.84 Å². The van der Waals surface area contributed by atoms with E-state index in [1.807, 2.05) is 0 Å². The Kier molecular flexibility index (Phi) is 6.33. The highest BCUT2D eigenvalue weighted by molar-refractivity contribution is 8.07. The molecule has 0 amide bonds. The highest BCUT2D eigenvalue weighted by Crippen LogP contribution is 2.34. The number of hydrazine groups is 1. The Bertz CT molecular complexity index is 155. The van der Waals surface area contributed by atoms with Crippen molar-refractivity contribution in [3.8, 4) is 0 Å². The van der Waals surface area contributed by atoms with E-state index in [-0.39, 0.29) is 0 Å². The van der Waals surface area contributed by atoms with Gasteiger partial charge in [0.2, 0.25) is 0 Å². The maximum absolute atomic E-state index is 5.63. The van der Waals surface area contributed by atoms with Gasteiger partial charge < -0.3 is 0 Å². The number of rotatable bonds is 5. The zero-order chi connectivity index (χ0) is 10.4. The van der Waals surface area contributed by atoms with Crippen LogP contribution in [0, 0.1) is 0 Å². The smallest absolute Gasteiger partial charge is 0.0340 e. The molecular weight excluding hydrogens is 212 g/mol. The third-order valence-electron chi connectivity index (χ3n) is 2.72. The van der Waals surface area contributed by atoms with Gasteiger partial charge in [0.15, 0.2) is 0 Å². The molecule has 0 aliphatic carbocycles. The van der Waals surface area contributed by atoms with Gasteiger partial charge in [-0.05, 0) is 6.42 Å². The first kappa shape index (κ1) is 12.7. The summed E-state index contributed by atoms with van der Waals surface area (Å²) in [5.74, 6) is 8.21. The van der Waals surface area contributed by atoms with Crippen molar-refractivity contribution in [1.29, 1.82) is 0 Å². The third-order valence-corrected chi connectivity index (χ3v) is 5.97. The molecule has 0 spiro atoms. The van der Waals surface area contributed by atoms with Crippen LogP contribution in [0.1, 0.15) is 33.1 Å². The van der Waals surface area contributed by atoms with Crippen LogP contribution in [0.5, 0.6) is 0 Å². The van der Waals surface area contributed by atoms with Gasteiger partial charge in [0.1, 0.15) is 0 Å². The predicted octanol–water partition coefficient (Wildman–Crippen LogP) is 2.25. The van der Waals surface area contributed by atoms with Crippen molar-refractivity contribution >= 4 is 23.5 Å². The van der Waals surface area contributed by atoms with Crippen molar-refractivity contribution in [1.82, 2.24) is 5.43 Å². The molecule has 2 nitrogen and oxygen atoms in total. The van der Waals surface area contributed by atoms with Crippen LogP contribution in [0.3, 0.4) is 0 Å². The zero-order valence-corrected chi connectivity index (χ0v) is 10.8. The van der Waals surface area contributed by atoms with Crippen LogP contribution in [-0.2, 0) is 0 Å². The van der Waals surface area contributed by atoms with Gasteiger partial charge in [-0.15, -0.1) is 0 Å². The summed E-state index contributed by atoms with van der Waals surface area (Å²) in [5.41, 5.74) is 3.00. The van der Waals surface area contributed by atoms with Crippen LogP contribution in [0.25, 0.3) is 0 Å². The van der Waals surface area contributed by atoms with Crippen molar-refractivity contribution in [3.63, 3.8) is 0 Å². The molecule has 1 heterocycles. The lowest BCUT2D eigenvalue weighted by Gasteiger charge is -2.34. The third kappa shape index (κ3) is 3.65. The number of nitrogens with two attached hydrogens (primary N) is 1. The molecule has 3 atom stereocenters. The van der Waals surface area contributed by atoms with Gasteiger partial charge in [0.05, 0.1) is 0 Å². The van der Waals surface area contributed by atoms with Crippen LogP contribution in [-0.4, -0.2) is 28.0 Å². The molecular formula is C10H22N2S2. The second-order valence-electron chi connectivity index (χ2n) is 3.83. The monoisotopic (exact) mass is 234 g/mol. The first-order valence-corrected chi connectivity index (χ1v) is 7.58. The van der Waals surface area contributed by atoms with E-state index in [1.54, 1.807) is 0 Å². The molecule has 3 unspecified atom stereocenters. The number of unbranched alkanes of at least 4 members (excludes halogenated alkanes) is 1. The minimum absolute atomic E-state index is 0.503. The molecule has 14 heavy (non-hydrogen) atoms. The van der Waals surface area contributed by atoms with Crippen molar-refractivity contribution in [2.45, 2.75) is 49.7 Å². The topological polar surface area (TPSA) is 38.0 Å². The Hall–Kier alpha value is 0.620. The number of nitrogens with one attached hydrogen (secondary N) is 1. The summed E-state index contributed by atoms with van der Waals surface area (Å²) in [6, 6.07) is 0.503. The van der Waals surface area contributed by atoms with Crippen LogP contribution in [0.4, 0.5) is 0 Å². The minimum Gasteiger partial charge on any atom is -0.271 e. The average molecular weight is 234 g/mol. The molecule has 1 saturated heterocycles. The first-order valence-electron chi connectivity index (χ1n) is 5.49. The molecule has 0 radical (unpaired) electrons. The fourth-order valence-electron chi connectivity index (χ4n) is 1.86. The fraction of sp³-hybridized carbons (Fsp3) is 1.00. The first-order chi connectivity index (χ1) is 6.79. The number of hydrogen-bond donors (Lipinski definition) is 2. The van der Waals surface area contributed by atoms with E-state index in [2.05, 4.69) is 42.8 Å².